The van der Waals surface area contributed by atoms with Gasteiger partial charge in [-0.2, -0.15) is 0 Å². The Hall–Kier alpha value is -2.08. The average Bonchev–Trinajstić information content (AvgIpc) is 2.53. The van der Waals surface area contributed by atoms with E-state index in [1.165, 1.54) is 11.2 Å². The molecule has 126 valence electrons. The number of carbonyl (C=O) groups is 1. The van der Waals surface area contributed by atoms with E-state index >= 15 is 0 Å². The Morgan fingerprint density at radius 3 is 2.67 bits per heavy atom. The second-order valence-corrected chi connectivity index (χ2v) is 7.87. The van der Waals surface area contributed by atoms with Crippen LogP contribution < -0.4 is 5.32 Å². The van der Waals surface area contributed by atoms with Gasteiger partial charge in [0, 0.05) is 29.4 Å². The lowest BCUT2D eigenvalue weighted by atomic mass is 10.1. The molecule has 0 aliphatic carbocycles. The molecule has 1 aliphatic heterocycles. The summed E-state index contributed by atoms with van der Waals surface area (Å²) in [7, 11) is 0. The molecule has 1 aliphatic rings. The molecule has 1 fully saturated rings. The number of benzene rings is 1. The van der Waals surface area contributed by atoms with Gasteiger partial charge in [-0.1, -0.05) is 26.0 Å². The Morgan fingerprint density at radius 2 is 2.04 bits per heavy atom. The van der Waals surface area contributed by atoms with Gasteiger partial charge in [0.05, 0.1) is 12.5 Å². The molecule has 0 bridgehead atoms. The number of nitrogens with zero attached hydrogens (tertiary/aromatic N) is 3. The number of hydrogen-bond donors (Lipinski definition) is 1. The summed E-state index contributed by atoms with van der Waals surface area (Å²) >= 11 is 1.84. The van der Waals surface area contributed by atoms with E-state index in [1.54, 1.807) is 6.20 Å². The van der Waals surface area contributed by atoms with E-state index < -0.39 is 0 Å². The molecule has 1 aromatic heterocycles. The summed E-state index contributed by atoms with van der Waals surface area (Å²) in [5.74, 6) is 0.986. The molecule has 6 heteroatoms. The highest BCUT2D eigenvalue weighted by Gasteiger charge is 2.30. The molecule has 0 spiro atoms. The summed E-state index contributed by atoms with van der Waals surface area (Å²) in [6, 6.07) is 10.4. The molecule has 0 unspecified atom stereocenters. The number of rotatable bonds is 6. The highest BCUT2D eigenvalue weighted by atomic mass is 32.2. The number of likely N-dealkylation sites (tertiary alicyclic amines) is 1. The third-order valence-corrected chi connectivity index (χ3v) is 4.83. The minimum atomic E-state index is 0.181. The SMILES string of the molecule is CC(C)Sc1ccc(CC(=O)N2CC(Nc3ccncn3)C2)cc1. The molecule has 3 rings (SSSR count). The van der Waals surface area contributed by atoms with E-state index in [-0.39, 0.29) is 11.9 Å². The molecule has 2 heterocycles. The predicted octanol–water partition coefficient (Wildman–Crippen LogP) is 2.84. The van der Waals surface area contributed by atoms with Crippen LogP contribution in [0.4, 0.5) is 5.82 Å². The summed E-state index contributed by atoms with van der Waals surface area (Å²) in [4.78, 5) is 23.5. The van der Waals surface area contributed by atoms with E-state index in [4.69, 9.17) is 0 Å². The summed E-state index contributed by atoms with van der Waals surface area (Å²) in [6.45, 7) is 5.81. The van der Waals surface area contributed by atoms with Crippen molar-refractivity contribution in [1.29, 1.82) is 0 Å². The van der Waals surface area contributed by atoms with Crippen molar-refractivity contribution < 1.29 is 4.79 Å². The topological polar surface area (TPSA) is 58.1 Å². The lowest BCUT2D eigenvalue weighted by molar-refractivity contribution is -0.134. The van der Waals surface area contributed by atoms with Gasteiger partial charge < -0.3 is 10.2 Å². The fraction of sp³-hybridized carbons (Fsp3) is 0.389. The second kappa shape index (κ2) is 7.66. The standard InChI is InChI=1S/C18H22N4OS/c1-13(2)24-16-5-3-14(4-6-16)9-18(23)22-10-15(11-22)21-17-7-8-19-12-20-17/h3-8,12-13,15H,9-11H2,1-2H3,(H,19,20,21). The van der Waals surface area contributed by atoms with Gasteiger partial charge in [-0.25, -0.2) is 9.97 Å². The molecule has 1 saturated heterocycles. The molecule has 1 aromatic carbocycles. The van der Waals surface area contributed by atoms with Crippen molar-refractivity contribution in [2.75, 3.05) is 18.4 Å². The Kier molecular flexibility index (Phi) is 5.35. The summed E-state index contributed by atoms with van der Waals surface area (Å²) in [5.41, 5.74) is 1.07. The Morgan fingerprint density at radius 1 is 1.29 bits per heavy atom. The van der Waals surface area contributed by atoms with Crippen LogP contribution in [-0.2, 0) is 11.2 Å². The monoisotopic (exact) mass is 342 g/mol. The van der Waals surface area contributed by atoms with Crippen LogP contribution >= 0.6 is 11.8 Å². The Balaban J connectivity index is 1.45. The Bertz CT molecular complexity index is 669. The molecule has 2 aromatic rings. The number of nitrogens with one attached hydrogen (secondary N) is 1. The van der Waals surface area contributed by atoms with Crippen molar-refractivity contribution in [3.63, 3.8) is 0 Å². The predicted molar refractivity (Wildman–Crippen MR) is 97.2 cm³/mol. The maximum Gasteiger partial charge on any atom is 0.227 e. The number of anilines is 1. The van der Waals surface area contributed by atoms with Crippen LogP contribution in [-0.4, -0.2) is 45.2 Å². The summed E-state index contributed by atoms with van der Waals surface area (Å²) in [5, 5.41) is 3.87. The highest BCUT2D eigenvalue weighted by molar-refractivity contribution is 7.99. The zero-order valence-corrected chi connectivity index (χ0v) is 14.8. The first-order valence-corrected chi connectivity index (χ1v) is 9.04. The Labute approximate surface area is 146 Å². The number of hydrogen-bond acceptors (Lipinski definition) is 5. The fourth-order valence-corrected chi connectivity index (χ4v) is 3.44. The zero-order valence-electron chi connectivity index (χ0n) is 14.0. The average molecular weight is 342 g/mol. The van der Waals surface area contributed by atoms with Crippen molar-refractivity contribution >= 4 is 23.5 Å². The van der Waals surface area contributed by atoms with Crippen molar-refractivity contribution in [1.82, 2.24) is 14.9 Å². The summed E-state index contributed by atoms with van der Waals surface area (Å²) < 4.78 is 0. The van der Waals surface area contributed by atoms with Gasteiger partial charge in [0.2, 0.25) is 5.91 Å². The third-order valence-electron chi connectivity index (χ3n) is 3.82. The minimum absolute atomic E-state index is 0.181. The molecule has 24 heavy (non-hydrogen) atoms. The molecule has 1 N–H and O–H groups in total. The molecular formula is C18H22N4OS. The molecule has 0 atom stereocenters. The fourth-order valence-electron chi connectivity index (χ4n) is 2.60. The third kappa shape index (κ3) is 4.47. The molecule has 1 amide bonds. The van der Waals surface area contributed by atoms with E-state index in [2.05, 4.69) is 53.4 Å². The molecule has 0 radical (unpaired) electrons. The molecular weight excluding hydrogens is 320 g/mol. The highest BCUT2D eigenvalue weighted by Crippen LogP contribution is 2.23. The van der Waals surface area contributed by atoms with Gasteiger partial charge in [0.1, 0.15) is 12.1 Å². The number of carbonyl (C=O) groups excluding carboxylic acids is 1. The number of aromatic nitrogens is 2. The number of amides is 1. The van der Waals surface area contributed by atoms with Crippen molar-refractivity contribution in [3.8, 4) is 0 Å². The maximum absolute atomic E-state index is 12.3. The molecule has 5 nitrogen and oxygen atoms in total. The van der Waals surface area contributed by atoms with Crippen LogP contribution in [0, 0.1) is 0 Å². The second-order valence-electron chi connectivity index (χ2n) is 6.22. The van der Waals surface area contributed by atoms with Crippen LogP contribution in [0.15, 0.2) is 47.8 Å². The van der Waals surface area contributed by atoms with Gasteiger partial charge in [0.15, 0.2) is 0 Å². The van der Waals surface area contributed by atoms with Crippen LogP contribution in [0.25, 0.3) is 0 Å². The quantitative estimate of drug-likeness (QED) is 0.818. The zero-order chi connectivity index (χ0) is 16.9. The first kappa shape index (κ1) is 16.8. The van der Waals surface area contributed by atoms with Gasteiger partial charge >= 0.3 is 0 Å². The van der Waals surface area contributed by atoms with Gasteiger partial charge in [-0.05, 0) is 23.8 Å². The first-order chi connectivity index (χ1) is 11.6. The van der Waals surface area contributed by atoms with Crippen LogP contribution in [0.5, 0.6) is 0 Å². The lowest BCUT2D eigenvalue weighted by Crippen LogP contribution is -2.57. The van der Waals surface area contributed by atoms with Crippen LogP contribution in [0.2, 0.25) is 0 Å². The number of thioether (sulfide) groups is 1. The van der Waals surface area contributed by atoms with Gasteiger partial charge in [-0.15, -0.1) is 11.8 Å². The maximum atomic E-state index is 12.3. The van der Waals surface area contributed by atoms with Gasteiger partial charge in [-0.3, -0.25) is 4.79 Å². The lowest BCUT2D eigenvalue weighted by Gasteiger charge is -2.39. The molecule has 0 saturated carbocycles. The minimum Gasteiger partial charge on any atom is -0.364 e. The smallest absolute Gasteiger partial charge is 0.227 e. The van der Waals surface area contributed by atoms with E-state index in [0.717, 1.165) is 24.5 Å². The normalized spacial score (nSPS) is 14.5. The summed E-state index contributed by atoms with van der Waals surface area (Å²) in [6.07, 6.45) is 3.69. The largest absolute Gasteiger partial charge is 0.364 e. The first-order valence-electron chi connectivity index (χ1n) is 8.16. The van der Waals surface area contributed by atoms with Crippen molar-refractivity contribution in [2.24, 2.45) is 0 Å². The van der Waals surface area contributed by atoms with Crippen molar-refractivity contribution in [2.45, 2.75) is 36.5 Å². The van der Waals surface area contributed by atoms with E-state index in [1.807, 2.05) is 22.7 Å². The van der Waals surface area contributed by atoms with E-state index in [9.17, 15) is 4.79 Å². The van der Waals surface area contributed by atoms with Gasteiger partial charge in [0.25, 0.3) is 0 Å². The van der Waals surface area contributed by atoms with Crippen LogP contribution in [0.1, 0.15) is 19.4 Å². The van der Waals surface area contributed by atoms with E-state index in [0.29, 0.717) is 11.7 Å². The van der Waals surface area contributed by atoms with Crippen molar-refractivity contribution in [3.05, 3.63) is 48.4 Å². The van der Waals surface area contributed by atoms with Crippen LogP contribution in [0.3, 0.4) is 0 Å².